The quantitative estimate of drug-likeness (QED) is 0.822. The number of rotatable bonds is 2. The normalized spacial score (nSPS) is 19.4. The van der Waals surface area contributed by atoms with E-state index in [1.54, 1.807) is 19.1 Å². The molecule has 2 amide bonds. The fraction of sp³-hybridized carbons (Fsp3) is 0.385. The summed E-state index contributed by atoms with van der Waals surface area (Å²) in [7, 11) is -4.02. The lowest BCUT2D eigenvalue weighted by Gasteiger charge is -2.39. The van der Waals surface area contributed by atoms with Gasteiger partial charge in [0.1, 0.15) is 5.54 Å². The van der Waals surface area contributed by atoms with E-state index in [4.69, 9.17) is 11.6 Å². The molecule has 1 heterocycles. The van der Waals surface area contributed by atoms with Crippen LogP contribution >= 0.6 is 11.6 Å². The van der Waals surface area contributed by atoms with E-state index in [1.165, 1.54) is 19.9 Å². The molecule has 0 aromatic heterocycles. The minimum absolute atomic E-state index is 0.00873. The summed E-state index contributed by atoms with van der Waals surface area (Å²) in [6, 6.07) is 4.47. The maximum absolute atomic E-state index is 12.8. The molecule has 1 aliphatic heterocycles. The second-order valence-electron chi connectivity index (χ2n) is 5.36. The Labute approximate surface area is 128 Å². The molecule has 1 aromatic carbocycles. The summed E-state index contributed by atoms with van der Waals surface area (Å²) in [5, 5.41) is 2.41. The number of carbonyl (C=O) groups is 2. The standard InChI is InChI=1S/C13H15ClN2O4S/c1-8-4-5-9(14)6-10(8)21(19,20)16-7-11(17)15-12(18)13(16,2)3/h4-6H,7H2,1-3H3,(H,15,17,18). The number of nitrogens with zero attached hydrogens (tertiary/aromatic N) is 1. The van der Waals surface area contributed by atoms with Gasteiger partial charge in [0.15, 0.2) is 0 Å². The molecule has 0 spiro atoms. The van der Waals surface area contributed by atoms with Crippen molar-refractivity contribution in [1.82, 2.24) is 9.62 Å². The van der Waals surface area contributed by atoms with Gasteiger partial charge in [-0.05, 0) is 38.5 Å². The number of piperazine rings is 1. The minimum atomic E-state index is -4.02. The van der Waals surface area contributed by atoms with Gasteiger partial charge in [-0.15, -0.1) is 0 Å². The summed E-state index contributed by atoms with van der Waals surface area (Å²) < 4.78 is 26.5. The smallest absolute Gasteiger partial charge is 0.247 e. The van der Waals surface area contributed by atoms with Crippen LogP contribution in [-0.4, -0.2) is 36.6 Å². The lowest BCUT2D eigenvalue weighted by molar-refractivity contribution is -0.141. The number of benzene rings is 1. The molecule has 1 fully saturated rings. The summed E-state index contributed by atoms with van der Waals surface area (Å²) >= 11 is 5.86. The summed E-state index contributed by atoms with van der Waals surface area (Å²) in [5.41, 5.74) is -0.866. The van der Waals surface area contributed by atoms with Crippen molar-refractivity contribution in [2.45, 2.75) is 31.2 Å². The van der Waals surface area contributed by atoms with E-state index in [2.05, 4.69) is 5.32 Å². The molecular weight excluding hydrogens is 316 g/mol. The Morgan fingerprint density at radius 1 is 1.29 bits per heavy atom. The molecule has 0 bridgehead atoms. The number of hydrogen-bond acceptors (Lipinski definition) is 4. The molecule has 0 radical (unpaired) electrons. The molecule has 6 nitrogen and oxygen atoms in total. The topological polar surface area (TPSA) is 83.6 Å². The number of sulfonamides is 1. The van der Waals surface area contributed by atoms with E-state index < -0.39 is 33.9 Å². The Morgan fingerprint density at radius 2 is 1.90 bits per heavy atom. The van der Waals surface area contributed by atoms with Crippen molar-refractivity contribution in [2.75, 3.05) is 6.54 Å². The highest BCUT2D eigenvalue weighted by Gasteiger charge is 2.47. The van der Waals surface area contributed by atoms with Crippen molar-refractivity contribution in [3.8, 4) is 0 Å². The number of imide groups is 1. The van der Waals surface area contributed by atoms with Crippen molar-refractivity contribution < 1.29 is 18.0 Å². The zero-order chi connectivity index (χ0) is 16.0. The highest BCUT2D eigenvalue weighted by atomic mass is 35.5. The van der Waals surface area contributed by atoms with Crippen molar-refractivity contribution in [3.05, 3.63) is 28.8 Å². The molecule has 1 aliphatic rings. The fourth-order valence-electron chi connectivity index (χ4n) is 2.12. The third kappa shape index (κ3) is 2.68. The number of carbonyl (C=O) groups excluding carboxylic acids is 2. The predicted octanol–water partition coefficient (Wildman–Crippen LogP) is 1.07. The maximum Gasteiger partial charge on any atom is 0.247 e. The van der Waals surface area contributed by atoms with Crippen LogP contribution in [0.2, 0.25) is 5.02 Å². The SMILES string of the molecule is Cc1ccc(Cl)cc1S(=O)(=O)N1CC(=O)NC(=O)C1(C)C. The first kappa shape index (κ1) is 15.9. The second-order valence-corrected chi connectivity index (χ2v) is 7.62. The number of aryl methyl sites for hydroxylation is 1. The van der Waals surface area contributed by atoms with Gasteiger partial charge in [-0.25, -0.2) is 8.42 Å². The van der Waals surface area contributed by atoms with Gasteiger partial charge in [0, 0.05) is 5.02 Å². The van der Waals surface area contributed by atoms with Gasteiger partial charge in [-0.3, -0.25) is 14.9 Å². The molecule has 0 unspecified atom stereocenters. The van der Waals surface area contributed by atoms with Crippen molar-refractivity contribution in [3.63, 3.8) is 0 Å². The largest absolute Gasteiger partial charge is 0.294 e. The third-order valence-corrected chi connectivity index (χ3v) is 5.83. The zero-order valence-corrected chi connectivity index (χ0v) is 13.4. The van der Waals surface area contributed by atoms with Gasteiger partial charge in [-0.1, -0.05) is 17.7 Å². The molecule has 1 N–H and O–H groups in total. The molecule has 0 atom stereocenters. The molecule has 0 aliphatic carbocycles. The molecule has 1 saturated heterocycles. The Morgan fingerprint density at radius 3 is 2.52 bits per heavy atom. The molecule has 21 heavy (non-hydrogen) atoms. The summed E-state index contributed by atoms with van der Waals surface area (Å²) in [6.07, 6.45) is 0. The molecule has 2 rings (SSSR count). The fourth-order valence-corrected chi connectivity index (χ4v) is 4.31. The number of halogens is 1. The van der Waals surface area contributed by atoms with Gasteiger partial charge in [-0.2, -0.15) is 4.31 Å². The summed E-state index contributed by atoms with van der Waals surface area (Å²) in [6.45, 7) is 4.12. The highest BCUT2D eigenvalue weighted by Crippen LogP contribution is 2.30. The van der Waals surface area contributed by atoms with Gasteiger partial charge in [0.25, 0.3) is 0 Å². The van der Waals surface area contributed by atoms with Gasteiger partial charge < -0.3 is 0 Å². The van der Waals surface area contributed by atoms with Crippen molar-refractivity contribution in [1.29, 1.82) is 0 Å². The van der Waals surface area contributed by atoms with E-state index in [0.29, 0.717) is 5.56 Å². The van der Waals surface area contributed by atoms with Gasteiger partial charge >= 0.3 is 0 Å². The zero-order valence-electron chi connectivity index (χ0n) is 11.8. The number of nitrogens with one attached hydrogen (secondary N) is 1. The van der Waals surface area contributed by atoms with Crippen LogP contribution in [0.15, 0.2) is 23.1 Å². The van der Waals surface area contributed by atoms with Crippen molar-refractivity contribution >= 4 is 33.4 Å². The average molecular weight is 331 g/mol. The van der Waals surface area contributed by atoms with Gasteiger partial charge in [0.05, 0.1) is 11.4 Å². The number of amides is 2. The van der Waals surface area contributed by atoms with Crippen LogP contribution in [0.1, 0.15) is 19.4 Å². The summed E-state index contributed by atoms with van der Waals surface area (Å²) in [5.74, 6) is -1.30. The van der Waals surface area contributed by atoms with E-state index in [0.717, 1.165) is 4.31 Å². The Kier molecular flexibility index (Phi) is 3.86. The molecule has 1 aromatic rings. The Hall–Kier alpha value is -1.44. The second kappa shape index (κ2) is 5.08. The van der Waals surface area contributed by atoms with E-state index >= 15 is 0 Å². The third-order valence-electron chi connectivity index (χ3n) is 3.44. The lowest BCUT2D eigenvalue weighted by atomic mass is 10.0. The predicted molar refractivity (Wildman–Crippen MR) is 77.3 cm³/mol. The summed E-state index contributed by atoms with van der Waals surface area (Å²) in [4.78, 5) is 23.4. The first-order valence-electron chi connectivity index (χ1n) is 6.20. The molecule has 0 saturated carbocycles. The van der Waals surface area contributed by atoms with E-state index in [1.807, 2.05) is 0 Å². The van der Waals surface area contributed by atoms with Crippen LogP contribution in [0.3, 0.4) is 0 Å². The Balaban J connectivity index is 2.59. The van der Waals surface area contributed by atoms with Crippen LogP contribution < -0.4 is 5.32 Å². The van der Waals surface area contributed by atoms with Crippen molar-refractivity contribution in [2.24, 2.45) is 0 Å². The van der Waals surface area contributed by atoms with Crippen LogP contribution in [0.25, 0.3) is 0 Å². The molecule has 8 heteroatoms. The van der Waals surface area contributed by atoms with Crippen LogP contribution in [-0.2, 0) is 19.6 Å². The first-order valence-corrected chi connectivity index (χ1v) is 8.02. The Bertz CT molecular complexity index is 728. The van der Waals surface area contributed by atoms with Crippen LogP contribution in [0.4, 0.5) is 0 Å². The van der Waals surface area contributed by atoms with E-state index in [9.17, 15) is 18.0 Å². The van der Waals surface area contributed by atoms with Crippen LogP contribution in [0.5, 0.6) is 0 Å². The minimum Gasteiger partial charge on any atom is -0.294 e. The maximum atomic E-state index is 12.8. The van der Waals surface area contributed by atoms with E-state index in [-0.39, 0.29) is 9.92 Å². The number of hydrogen-bond donors (Lipinski definition) is 1. The molecule has 114 valence electrons. The lowest BCUT2D eigenvalue weighted by Crippen LogP contribution is -2.65. The van der Waals surface area contributed by atoms with Gasteiger partial charge in [0.2, 0.25) is 21.8 Å². The highest BCUT2D eigenvalue weighted by molar-refractivity contribution is 7.89. The first-order chi connectivity index (χ1) is 9.56. The molecular formula is C13H15ClN2O4S. The average Bonchev–Trinajstić information content (AvgIpc) is 2.36. The van der Waals surface area contributed by atoms with Crippen LogP contribution in [0, 0.1) is 6.92 Å². The monoisotopic (exact) mass is 330 g/mol.